The van der Waals surface area contributed by atoms with Gasteiger partial charge in [0.25, 0.3) is 0 Å². The number of halogens is 2. The Bertz CT molecular complexity index is 859. The number of hydrogen-bond acceptors (Lipinski definition) is 3. The molecule has 6 nitrogen and oxygen atoms in total. The molecule has 2 aromatic carbocycles. The molecule has 0 bridgehead atoms. The summed E-state index contributed by atoms with van der Waals surface area (Å²) in [5.41, 5.74) is 8.70. The highest BCUT2D eigenvalue weighted by molar-refractivity contribution is 14.0. The Morgan fingerprint density at radius 3 is 2.52 bits per heavy atom. The fourth-order valence-corrected chi connectivity index (χ4v) is 3.12. The van der Waals surface area contributed by atoms with E-state index in [1.807, 2.05) is 26.0 Å². The van der Waals surface area contributed by atoms with Crippen molar-refractivity contribution in [2.45, 2.75) is 26.7 Å². The Kier molecular flexibility index (Phi) is 11.9. The molecule has 8 heteroatoms. The van der Waals surface area contributed by atoms with Gasteiger partial charge in [-0.1, -0.05) is 29.8 Å². The zero-order chi connectivity index (χ0) is 21.9. The molecule has 0 saturated heterocycles. The van der Waals surface area contributed by atoms with Crippen LogP contribution in [0, 0.1) is 18.7 Å². The number of nitrogens with one attached hydrogen (secondary N) is 2. The highest BCUT2D eigenvalue weighted by Crippen LogP contribution is 2.19. The lowest BCUT2D eigenvalue weighted by molar-refractivity contribution is -0.121. The first-order valence-corrected chi connectivity index (χ1v) is 10.1. The fraction of sp³-hybridized carbons (Fsp3) is 0.391. The molecular weight excluding hydrogens is 510 g/mol. The molecule has 0 spiro atoms. The van der Waals surface area contributed by atoms with E-state index in [0.717, 1.165) is 23.3 Å². The highest BCUT2D eigenvalue weighted by atomic mass is 127. The van der Waals surface area contributed by atoms with Crippen molar-refractivity contribution in [2.24, 2.45) is 16.6 Å². The van der Waals surface area contributed by atoms with Gasteiger partial charge in [-0.2, -0.15) is 0 Å². The zero-order valence-electron chi connectivity index (χ0n) is 18.3. The van der Waals surface area contributed by atoms with E-state index in [1.54, 1.807) is 19.2 Å². The number of guanidine groups is 1. The van der Waals surface area contributed by atoms with Gasteiger partial charge in [0.15, 0.2) is 5.96 Å². The van der Waals surface area contributed by atoms with E-state index in [-0.39, 0.29) is 36.3 Å². The number of rotatable bonds is 10. The predicted octanol–water partition coefficient (Wildman–Crippen LogP) is 3.20. The molecule has 2 aromatic rings. The monoisotopic (exact) mass is 542 g/mol. The number of primary amides is 1. The molecule has 1 unspecified atom stereocenters. The second-order valence-corrected chi connectivity index (χ2v) is 7.14. The molecule has 1 atom stereocenters. The number of carbonyl (C=O) groups is 1. The second-order valence-electron chi connectivity index (χ2n) is 7.14. The van der Waals surface area contributed by atoms with Crippen LogP contribution in [0.15, 0.2) is 47.5 Å². The van der Waals surface area contributed by atoms with Gasteiger partial charge in [-0.25, -0.2) is 4.39 Å². The van der Waals surface area contributed by atoms with Gasteiger partial charge in [-0.15, -0.1) is 24.0 Å². The summed E-state index contributed by atoms with van der Waals surface area (Å²) in [4.78, 5) is 16.4. The van der Waals surface area contributed by atoms with Crippen LogP contribution < -0.4 is 21.1 Å². The van der Waals surface area contributed by atoms with Crippen molar-refractivity contribution in [3.8, 4) is 5.75 Å². The second kappa shape index (κ2) is 13.8. The van der Waals surface area contributed by atoms with Gasteiger partial charge in [0.2, 0.25) is 5.91 Å². The number of methoxy groups -OCH3 is 1. The molecule has 0 aliphatic rings. The molecule has 170 valence electrons. The van der Waals surface area contributed by atoms with Crippen LogP contribution >= 0.6 is 24.0 Å². The number of nitrogens with zero attached hydrogens (tertiary/aromatic N) is 1. The predicted molar refractivity (Wildman–Crippen MR) is 134 cm³/mol. The average Bonchev–Trinajstić information content (AvgIpc) is 2.72. The van der Waals surface area contributed by atoms with Gasteiger partial charge in [-0.3, -0.25) is 9.79 Å². The molecule has 0 fully saturated rings. The van der Waals surface area contributed by atoms with Crippen LogP contribution in [0.5, 0.6) is 5.75 Å². The number of aryl methyl sites for hydroxylation is 1. The maximum atomic E-state index is 13.1. The molecule has 0 aliphatic carbocycles. The van der Waals surface area contributed by atoms with Crippen molar-refractivity contribution in [3.63, 3.8) is 0 Å². The molecule has 2 rings (SSSR count). The molecule has 4 N–H and O–H groups in total. The van der Waals surface area contributed by atoms with Crippen LogP contribution in [-0.4, -0.2) is 38.6 Å². The van der Waals surface area contributed by atoms with Gasteiger partial charge in [0, 0.05) is 13.1 Å². The maximum Gasteiger partial charge on any atom is 0.222 e. The molecule has 1 amide bonds. The Balaban J connectivity index is 0.00000480. The molecule has 0 aliphatic heterocycles. The number of nitrogens with two attached hydrogens (primary N) is 1. The topological polar surface area (TPSA) is 88.7 Å². The molecule has 0 saturated carbocycles. The van der Waals surface area contributed by atoms with E-state index in [9.17, 15) is 9.18 Å². The van der Waals surface area contributed by atoms with E-state index in [0.29, 0.717) is 25.5 Å². The number of aliphatic imine (C=N–C) groups is 1. The summed E-state index contributed by atoms with van der Waals surface area (Å²) in [6.45, 7) is 5.62. The van der Waals surface area contributed by atoms with Gasteiger partial charge in [0.1, 0.15) is 11.6 Å². The minimum Gasteiger partial charge on any atom is -0.496 e. The minimum absolute atomic E-state index is 0. The zero-order valence-corrected chi connectivity index (χ0v) is 20.6. The van der Waals surface area contributed by atoms with Crippen LogP contribution in [0.4, 0.5) is 4.39 Å². The number of amides is 1. The van der Waals surface area contributed by atoms with E-state index in [1.165, 1.54) is 17.7 Å². The minimum atomic E-state index is -0.470. The summed E-state index contributed by atoms with van der Waals surface area (Å²) in [5.74, 6) is 0.273. The summed E-state index contributed by atoms with van der Waals surface area (Å²) < 4.78 is 18.5. The van der Waals surface area contributed by atoms with Crippen LogP contribution in [0.25, 0.3) is 0 Å². The molecule has 0 heterocycles. The summed E-state index contributed by atoms with van der Waals surface area (Å²) in [5, 5.41) is 6.47. The first-order chi connectivity index (χ1) is 14.4. The molecule has 0 radical (unpaired) electrons. The molecule has 31 heavy (non-hydrogen) atoms. The first-order valence-electron chi connectivity index (χ1n) is 10.1. The van der Waals surface area contributed by atoms with Crippen LogP contribution in [0.2, 0.25) is 0 Å². The fourth-order valence-electron chi connectivity index (χ4n) is 3.12. The molecular formula is C23H32FIN4O2. The first kappa shape index (κ1) is 26.7. The van der Waals surface area contributed by atoms with Gasteiger partial charge in [-0.05, 0) is 56.0 Å². The summed E-state index contributed by atoms with van der Waals surface area (Å²) in [6, 6.07) is 12.2. The lowest BCUT2D eigenvalue weighted by atomic mass is 9.99. The molecule has 0 aromatic heterocycles. The lowest BCUT2D eigenvalue weighted by Crippen LogP contribution is -2.39. The van der Waals surface area contributed by atoms with E-state index in [4.69, 9.17) is 10.5 Å². The van der Waals surface area contributed by atoms with Crippen LogP contribution in [0.1, 0.15) is 23.6 Å². The van der Waals surface area contributed by atoms with Crippen LogP contribution in [-0.2, 0) is 17.6 Å². The van der Waals surface area contributed by atoms with E-state index in [2.05, 4.69) is 21.7 Å². The van der Waals surface area contributed by atoms with Crippen molar-refractivity contribution in [1.82, 2.24) is 10.6 Å². The highest BCUT2D eigenvalue weighted by Gasteiger charge is 2.16. The van der Waals surface area contributed by atoms with Crippen LogP contribution in [0.3, 0.4) is 0 Å². The van der Waals surface area contributed by atoms with Crippen molar-refractivity contribution in [3.05, 3.63) is 65.0 Å². The van der Waals surface area contributed by atoms with Crippen molar-refractivity contribution < 1.29 is 13.9 Å². The Labute approximate surface area is 200 Å². The average molecular weight is 542 g/mol. The Morgan fingerprint density at radius 1 is 1.19 bits per heavy atom. The third-order valence-corrected chi connectivity index (χ3v) is 4.73. The third kappa shape index (κ3) is 9.12. The van der Waals surface area contributed by atoms with Gasteiger partial charge < -0.3 is 21.1 Å². The summed E-state index contributed by atoms with van der Waals surface area (Å²) in [7, 11) is 1.66. The number of benzene rings is 2. The van der Waals surface area contributed by atoms with Crippen molar-refractivity contribution in [2.75, 3.05) is 26.7 Å². The van der Waals surface area contributed by atoms with Crippen molar-refractivity contribution >= 4 is 35.8 Å². The maximum absolute atomic E-state index is 13.1. The third-order valence-electron chi connectivity index (χ3n) is 4.73. The standard InChI is InChI=1S/C23H31FN4O2.HI/c1-4-26-23(27-12-11-18-13-16(2)5-10-21(18)30-3)28-15-19(22(25)29)14-17-6-8-20(24)9-7-17;/h5-10,13,19H,4,11-12,14-15H2,1-3H3,(H2,25,29)(H2,26,27,28);1H. The number of hydrogen-bond donors (Lipinski definition) is 3. The summed E-state index contributed by atoms with van der Waals surface area (Å²) in [6.07, 6.45) is 1.18. The number of ether oxygens (including phenoxy) is 1. The normalized spacial score (nSPS) is 11.9. The van der Waals surface area contributed by atoms with Gasteiger partial charge >= 0.3 is 0 Å². The van der Waals surface area contributed by atoms with Crippen molar-refractivity contribution in [1.29, 1.82) is 0 Å². The lowest BCUT2D eigenvalue weighted by Gasteiger charge is -2.15. The van der Waals surface area contributed by atoms with Gasteiger partial charge in [0.05, 0.1) is 19.6 Å². The van der Waals surface area contributed by atoms with E-state index < -0.39 is 11.8 Å². The SMILES string of the molecule is CCNC(=NCC(Cc1ccc(F)cc1)C(N)=O)NCCc1cc(C)ccc1OC.I. The van der Waals surface area contributed by atoms with E-state index >= 15 is 0 Å². The Hall–Kier alpha value is -2.36. The quantitative estimate of drug-likeness (QED) is 0.245. The number of carbonyl (C=O) groups excluding carboxylic acids is 1. The largest absolute Gasteiger partial charge is 0.496 e. The summed E-state index contributed by atoms with van der Waals surface area (Å²) >= 11 is 0. The Morgan fingerprint density at radius 2 is 1.90 bits per heavy atom. The smallest absolute Gasteiger partial charge is 0.222 e.